The Morgan fingerprint density at radius 2 is 2.00 bits per heavy atom. The van der Waals surface area contributed by atoms with Crippen molar-refractivity contribution >= 4 is 11.9 Å². The fourth-order valence-electron chi connectivity index (χ4n) is 0.682. The Kier molecular flexibility index (Phi) is 5.55. The number of esters is 1. The van der Waals surface area contributed by atoms with Gasteiger partial charge in [0.05, 0.1) is 6.10 Å². The van der Waals surface area contributed by atoms with Crippen LogP contribution >= 0.6 is 0 Å². The minimum absolute atomic E-state index is 0.112. The van der Waals surface area contributed by atoms with Crippen molar-refractivity contribution in [1.82, 2.24) is 0 Å². The molecule has 0 amide bonds. The molecule has 0 aromatic rings. The number of aliphatic hydroxyl groups excluding tert-OH is 1. The molecule has 0 aliphatic heterocycles. The van der Waals surface area contributed by atoms with E-state index in [0.717, 1.165) is 0 Å². The molecule has 0 radical (unpaired) electrons. The maximum atomic E-state index is 10.4. The van der Waals surface area contributed by atoms with E-state index in [1.165, 1.54) is 19.9 Å². The van der Waals surface area contributed by atoms with Crippen LogP contribution in [-0.4, -0.2) is 34.9 Å². The minimum Gasteiger partial charge on any atom is -0.478 e. The number of rotatable bonds is 5. The van der Waals surface area contributed by atoms with E-state index in [1.54, 1.807) is 0 Å². The molecule has 0 aromatic heterocycles. The number of carboxylic acids is 1. The molecule has 5 nitrogen and oxygen atoms in total. The smallest absolute Gasteiger partial charge is 0.330 e. The second kappa shape index (κ2) is 6.15. The van der Waals surface area contributed by atoms with Crippen molar-refractivity contribution in [3.05, 3.63) is 11.6 Å². The number of carboxylic acid groups (broad SMARTS) is 1. The highest BCUT2D eigenvalue weighted by atomic mass is 16.5. The van der Waals surface area contributed by atoms with Crippen LogP contribution in [0.2, 0.25) is 0 Å². The summed E-state index contributed by atoms with van der Waals surface area (Å²) in [6.07, 6.45) is 0.690. The highest BCUT2D eigenvalue weighted by Crippen LogP contribution is 2.00. The Bertz CT molecular complexity index is 244. The second-order valence-electron chi connectivity index (χ2n) is 2.88. The zero-order valence-electron chi connectivity index (χ0n) is 8.19. The van der Waals surface area contributed by atoms with Crippen molar-refractivity contribution in [3.8, 4) is 0 Å². The number of aliphatic hydroxyl groups is 1. The maximum Gasteiger partial charge on any atom is 0.330 e. The molecule has 1 atom stereocenters. The van der Waals surface area contributed by atoms with Crippen LogP contribution < -0.4 is 0 Å². The summed E-state index contributed by atoms with van der Waals surface area (Å²) < 4.78 is 4.53. The zero-order valence-corrected chi connectivity index (χ0v) is 8.19. The monoisotopic (exact) mass is 202 g/mol. The first kappa shape index (κ1) is 12.6. The Hall–Kier alpha value is -1.36. The van der Waals surface area contributed by atoms with E-state index in [2.05, 4.69) is 4.74 Å². The van der Waals surface area contributed by atoms with Crippen LogP contribution in [0.4, 0.5) is 0 Å². The van der Waals surface area contributed by atoms with Gasteiger partial charge in [-0.2, -0.15) is 0 Å². The molecule has 0 aliphatic carbocycles. The van der Waals surface area contributed by atoms with E-state index in [1.807, 2.05) is 0 Å². The lowest BCUT2D eigenvalue weighted by Gasteiger charge is -2.07. The van der Waals surface area contributed by atoms with Gasteiger partial charge in [0.1, 0.15) is 6.61 Å². The van der Waals surface area contributed by atoms with Gasteiger partial charge in [0.2, 0.25) is 0 Å². The van der Waals surface area contributed by atoms with Crippen molar-refractivity contribution in [2.45, 2.75) is 26.4 Å². The number of hydrogen-bond donors (Lipinski definition) is 2. The van der Waals surface area contributed by atoms with E-state index >= 15 is 0 Å². The quantitative estimate of drug-likeness (QED) is 0.496. The van der Waals surface area contributed by atoms with Crippen LogP contribution in [-0.2, 0) is 14.3 Å². The molecule has 0 fully saturated rings. The van der Waals surface area contributed by atoms with Crippen LogP contribution in [0.5, 0.6) is 0 Å². The third-order valence-corrected chi connectivity index (χ3v) is 1.51. The molecule has 14 heavy (non-hydrogen) atoms. The number of carbonyl (C=O) groups excluding carboxylic acids is 1. The summed E-state index contributed by atoms with van der Waals surface area (Å²) >= 11 is 0. The lowest BCUT2D eigenvalue weighted by molar-refractivity contribution is -0.143. The molecule has 0 heterocycles. The van der Waals surface area contributed by atoms with Crippen LogP contribution in [0.15, 0.2) is 11.6 Å². The number of carbonyl (C=O) groups is 2. The first-order chi connectivity index (χ1) is 6.43. The summed E-state index contributed by atoms with van der Waals surface area (Å²) in [7, 11) is 0. The van der Waals surface area contributed by atoms with Gasteiger partial charge in [-0.1, -0.05) is 6.08 Å². The summed E-state index contributed by atoms with van der Waals surface area (Å²) in [5.74, 6) is -1.49. The van der Waals surface area contributed by atoms with Crippen molar-refractivity contribution < 1.29 is 24.5 Å². The summed E-state index contributed by atoms with van der Waals surface area (Å²) in [6.45, 7) is 2.56. The van der Waals surface area contributed by atoms with Crippen LogP contribution in [0.1, 0.15) is 20.3 Å². The zero-order chi connectivity index (χ0) is 11.1. The minimum atomic E-state index is -1.02. The van der Waals surface area contributed by atoms with Crippen molar-refractivity contribution in [1.29, 1.82) is 0 Å². The number of aliphatic carboxylic acids is 1. The van der Waals surface area contributed by atoms with Crippen molar-refractivity contribution in [3.63, 3.8) is 0 Å². The Morgan fingerprint density at radius 1 is 1.43 bits per heavy atom. The van der Waals surface area contributed by atoms with Gasteiger partial charge in [0.15, 0.2) is 0 Å². The summed E-state index contributed by atoms with van der Waals surface area (Å²) in [4.78, 5) is 20.7. The first-order valence-corrected chi connectivity index (χ1v) is 4.15. The molecule has 0 aromatic carbocycles. The fourth-order valence-corrected chi connectivity index (χ4v) is 0.682. The van der Waals surface area contributed by atoms with Crippen LogP contribution in [0, 0.1) is 0 Å². The summed E-state index contributed by atoms with van der Waals surface area (Å²) in [6, 6.07) is 0. The van der Waals surface area contributed by atoms with Gasteiger partial charge in [-0.05, 0) is 13.3 Å². The molecule has 5 heteroatoms. The lowest BCUT2D eigenvalue weighted by Crippen LogP contribution is -2.16. The van der Waals surface area contributed by atoms with Gasteiger partial charge in [-0.15, -0.1) is 0 Å². The Morgan fingerprint density at radius 3 is 2.43 bits per heavy atom. The van der Waals surface area contributed by atoms with Gasteiger partial charge in [0, 0.05) is 12.5 Å². The molecule has 0 rings (SSSR count). The summed E-state index contributed by atoms with van der Waals surface area (Å²) in [5.41, 5.74) is 0.159. The molecule has 0 bridgehead atoms. The molecular formula is C9H14O5. The molecule has 0 spiro atoms. The van der Waals surface area contributed by atoms with E-state index < -0.39 is 18.0 Å². The van der Waals surface area contributed by atoms with Crippen LogP contribution in [0.3, 0.4) is 0 Å². The van der Waals surface area contributed by atoms with Gasteiger partial charge in [-0.3, -0.25) is 4.79 Å². The third kappa shape index (κ3) is 6.19. The SMILES string of the molecule is CC(=O)OCC(O)CC=C(C)C(=O)O. The second-order valence-corrected chi connectivity index (χ2v) is 2.88. The molecule has 80 valence electrons. The average Bonchev–Trinajstić information content (AvgIpc) is 2.10. The van der Waals surface area contributed by atoms with Gasteiger partial charge >= 0.3 is 11.9 Å². The fraction of sp³-hybridized carbons (Fsp3) is 0.556. The van der Waals surface area contributed by atoms with Gasteiger partial charge < -0.3 is 14.9 Å². The molecule has 0 aliphatic rings. The molecule has 0 saturated heterocycles. The maximum absolute atomic E-state index is 10.4. The number of ether oxygens (including phenoxy) is 1. The van der Waals surface area contributed by atoms with E-state index in [4.69, 9.17) is 5.11 Å². The molecule has 1 unspecified atom stereocenters. The van der Waals surface area contributed by atoms with E-state index in [9.17, 15) is 14.7 Å². The van der Waals surface area contributed by atoms with Crippen molar-refractivity contribution in [2.24, 2.45) is 0 Å². The number of hydrogen-bond acceptors (Lipinski definition) is 4. The van der Waals surface area contributed by atoms with Crippen molar-refractivity contribution in [2.75, 3.05) is 6.61 Å². The summed E-state index contributed by atoms with van der Waals surface area (Å²) in [5, 5.41) is 17.7. The van der Waals surface area contributed by atoms with Gasteiger partial charge in [0.25, 0.3) is 0 Å². The highest BCUT2D eigenvalue weighted by Gasteiger charge is 2.06. The molecule has 0 saturated carbocycles. The average molecular weight is 202 g/mol. The normalized spacial score (nSPS) is 13.5. The standard InChI is InChI=1S/C9H14O5/c1-6(9(12)13)3-4-8(11)5-14-7(2)10/h3,8,11H,4-5H2,1-2H3,(H,12,13). The predicted octanol–water partition coefficient (Wildman–Crippen LogP) is 0.331. The highest BCUT2D eigenvalue weighted by molar-refractivity contribution is 5.85. The predicted molar refractivity (Wildman–Crippen MR) is 48.6 cm³/mol. The first-order valence-electron chi connectivity index (χ1n) is 4.15. The van der Waals surface area contributed by atoms with Crippen LogP contribution in [0.25, 0.3) is 0 Å². The van der Waals surface area contributed by atoms with E-state index in [0.29, 0.717) is 0 Å². The Labute approximate surface area is 82.0 Å². The molecular weight excluding hydrogens is 188 g/mol. The van der Waals surface area contributed by atoms with Gasteiger partial charge in [-0.25, -0.2) is 4.79 Å². The lowest BCUT2D eigenvalue weighted by atomic mass is 10.2. The van der Waals surface area contributed by atoms with E-state index in [-0.39, 0.29) is 18.6 Å². The Balaban J connectivity index is 3.83. The topological polar surface area (TPSA) is 83.8 Å². The molecule has 2 N–H and O–H groups in total. The third-order valence-electron chi connectivity index (χ3n) is 1.51. The largest absolute Gasteiger partial charge is 0.478 e.